The van der Waals surface area contributed by atoms with Gasteiger partial charge in [-0.1, -0.05) is 27.2 Å². The first kappa shape index (κ1) is 16.5. The summed E-state index contributed by atoms with van der Waals surface area (Å²) >= 11 is 0. The summed E-state index contributed by atoms with van der Waals surface area (Å²) in [6.45, 7) is 11.6. The number of nitrogens with one attached hydrogen (secondary N) is 1. The van der Waals surface area contributed by atoms with E-state index in [9.17, 15) is 0 Å². The van der Waals surface area contributed by atoms with Gasteiger partial charge in [-0.25, -0.2) is 4.98 Å². The highest BCUT2D eigenvalue weighted by molar-refractivity contribution is 5.20. The van der Waals surface area contributed by atoms with Crippen LogP contribution in [0.4, 0.5) is 0 Å². The van der Waals surface area contributed by atoms with Crippen LogP contribution in [0.3, 0.4) is 0 Å². The Balaban J connectivity index is 1.94. The summed E-state index contributed by atoms with van der Waals surface area (Å²) in [5.74, 6) is 1.92. The van der Waals surface area contributed by atoms with Crippen LogP contribution in [0.1, 0.15) is 57.2 Å². The van der Waals surface area contributed by atoms with Gasteiger partial charge in [0.1, 0.15) is 5.82 Å². The Bertz CT molecular complexity index is 426. The van der Waals surface area contributed by atoms with Gasteiger partial charge in [-0.05, 0) is 18.8 Å². The number of hydrogen-bond donors (Lipinski definition) is 1. The largest absolute Gasteiger partial charge is 0.381 e. The van der Waals surface area contributed by atoms with Crippen molar-refractivity contribution in [1.82, 2.24) is 14.9 Å². The molecule has 0 aliphatic carbocycles. The lowest BCUT2D eigenvalue weighted by Crippen LogP contribution is -2.25. The van der Waals surface area contributed by atoms with Crippen LogP contribution in [0.25, 0.3) is 0 Å². The van der Waals surface area contributed by atoms with Crippen molar-refractivity contribution in [2.45, 2.75) is 66.0 Å². The standard InChI is InChI=1S/C17H31N3O/c1-4-5-10-21-11-6-9-20-16-7-8-18-13-15(16)19-17(20)12-14(2)3/h14,18H,4-13H2,1-3H3. The molecular formula is C17H31N3O. The summed E-state index contributed by atoms with van der Waals surface area (Å²) in [7, 11) is 0. The maximum atomic E-state index is 5.69. The van der Waals surface area contributed by atoms with Crippen LogP contribution >= 0.6 is 0 Å². The molecule has 0 saturated heterocycles. The number of imidazole rings is 1. The Hall–Kier alpha value is -0.870. The van der Waals surface area contributed by atoms with Crippen molar-refractivity contribution in [2.24, 2.45) is 5.92 Å². The van der Waals surface area contributed by atoms with Crippen LogP contribution in [0.5, 0.6) is 0 Å². The molecule has 0 bridgehead atoms. The van der Waals surface area contributed by atoms with E-state index in [1.54, 1.807) is 0 Å². The van der Waals surface area contributed by atoms with Crippen molar-refractivity contribution >= 4 is 0 Å². The summed E-state index contributed by atoms with van der Waals surface area (Å²) in [4.78, 5) is 4.88. The summed E-state index contributed by atoms with van der Waals surface area (Å²) in [6.07, 6.45) is 5.65. The van der Waals surface area contributed by atoms with Gasteiger partial charge in [0.2, 0.25) is 0 Å². The van der Waals surface area contributed by atoms with E-state index in [0.29, 0.717) is 5.92 Å². The fourth-order valence-corrected chi connectivity index (χ4v) is 2.88. The van der Waals surface area contributed by atoms with Gasteiger partial charge in [0.05, 0.1) is 5.69 Å². The molecule has 0 saturated carbocycles. The predicted molar refractivity (Wildman–Crippen MR) is 86.5 cm³/mol. The second-order valence-electron chi connectivity index (χ2n) is 6.42. The van der Waals surface area contributed by atoms with Crippen molar-refractivity contribution in [3.63, 3.8) is 0 Å². The fourth-order valence-electron chi connectivity index (χ4n) is 2.88. The molecule has 0 amide bonds. The summed E-state index contributed by atoms with van der Waals surface area (Å²) < 4.78 is 8.16. The Labute approximate surface area is 129 Å². The molecule has 0 fully saturated rings. The molecule has 21 heavy (non-hydrogen) atoms. The number of unbranched alkanes of at least 4 members (excludes halogenated alkanes) is 1. The molecule has 1 aliphatic heterocycles. The van der Waals surface area contributed by atoms with Crippen molar-refractivity contribution < 1.29 is 4.74 Å². The molecular weight excluding hydrogens is 262 g/mol. The summed E-state index contributed by atoms with van der Waals surface area (Å²) in [6, 6.07) is 0. The number of fused-ring (bicyclic) bond motifs is 1. The first-order valence-corrected chi connectivity index (χ1v) is 8.58. The Kier molecular flexibility index (Phi) is 6.71. The minimum absolute atomic E-state index is 0.654. The monoisotopic (exact) mass is 293 g/mol. The normalized spacial score (nSPS) is 14.7. The molecule has 0 aromatic carbocycles. The molecule has 2 rings (SSSR count). The quantitative estimate of drug-likeness (QED) is 0.712. The molecule has 4 heteroatoms. The molecule has 0 spiro atoms. The van der Waals surface area contributed by atoms with Gasteiger partial charge in [-0.3, -0.25) is 0 Å². The van der Waals surface area contributed by atoms with Crippen molar-refractivity contribution in [1.29, 1.82) is 0 Å². The van der Waals surface area contributed by atoms with E-state index in [2.05, 4.69) is 30.7 Å². The number of ether oxygens (including phenoxy) is 1. The third kappa shape index (κ3) is 4.82. The zero-order chi connectivity index (χ0) is 15.1. The average Bonchev–Trinajstić information content (AvgIpc) is 2.79. The molecule has 0 radical (unpaired) electrons. The molecule has 1 aromatic rings. The molecule has 1 aliphatic rings. The third-order valence-electron chi connectivity index (χ3n) is 3.97. The number of nitrogens with zero attached hydrogens (tertiary/aromatic N) is 2. The highest BCUT2D eigenvalue weighted by Crippen LogP contribution is 2.19. The number of hydrogen-bond acceptors (Lipinski definition) is 3. The van der Waals surface area contributed by atoms with Gasteiger partial charge >= 0.3 is 0 Å². The maximum absolute atomic E-state index is 5.69. The van der Waals surface area contributed by atoms with Crippen LogP contribution in [0, 0.1) is 5.92 Å². The number of aromatic nitrogens is 2. The first-order valence-electron chi connectivity index (χ1n) is 8.58. The van der Waals surface area contributed by atoms with Crippen LogP contribution < -0.4 is 5.32 Å². The Morgan fingerprint density at radius 2 is 2.10 bits per heavy atom. The first-order chi connectivity index (χ1) is 10.2. The molecule has 4 nitrogen and oxygen atoms in total. The zero-order valence-electron chi connectivity index (χ0n) is 14.0. The van der Waals surface area contributed by atoms with Gasteiger partial charge < -0.3 is 14.6 Å². The minimum Gasteiger partial charge on any atom is -0.381 e. The van der Waals surface area contributed by atoms with E-state index < -0.39 is 0 Å². The van der Waals surface area contributed by atoms with Gasteiger partial charge in [0.25, 0.3) is 0 Å². The molecule has 120 valence electrons. The maximum Gasteiger partial charge on any atom is 0.109 e. The van der Waals surface area contributed by atoms with E-state index in [1.807, 2.05) is 0 Å². The van der Waals surface area contributed by atoms with Gasteiger partial charge in [0.15, 0.2) is 0 Å². The van der Waals surface area contributed by atoms with Gasteiger partial charge in [-0.15, -0.1) is 0 Å². The van der Waals surface area contributed by atoms with E-state index in [-0.39, 0.29) is 0 Å². The summed E-state index contributed by atoms with van der Waals surface area (Å²) in [5, 5.41) is 3.42. The lowest BCUT2D eigenvalue weighted by molar-refractivity contribution is 0.125. The second-order valence-corrected chi connectivity index (χ2v) is 6.42. The zero-order valence-corrected chi connectivity index (χ0v) is 14.0. The van der Waals surface area contributed by atoms with Gasteiger partial charge in [0, 0.05) is 51.4 Å². The van der Waals surface area contributed by atoms with E-state index in [0.717, 1.165) is 52.1 Å². The van der Waals surface area contributed by atoms with Crippen molar-refractivity contribution in [2.75, 3.05) is 19.8 Å². The highest BCUT2D eigenvalue weighted by atomic mass is 16.5. The second kappa shape index (κ2) is 8.54. The minimum atomic E-state index is 0.654. The van der Waals surface area contributed by atoms with Crippen molar-refractivity contribution in [3.8, 4) is 0 Å². The van der Waals surface area contributed by atoms with Crippen LogP contribution in [-0.4, -0.2) is 29.3 Å². The molecule has 0 unspecified atom stereocenters. The Morgan fingerprint density at radius 3 is 2.86 bits per heavy atom. The Morgan fingerprint density at radius 1 is 1.29 bits per heavy atom. The molecule has 1 N–H and O–H groups in total. The smallest absolute Gasteiger partial charge is 0.109 e. The highest BCUT2D eigenvalue weighted by Gasteiger charge is 2.19. The lowest BCUT2D eigenvalue weighted by atomic mass is 10.1. The van der Waals surface area contributed by atoms with E-state index in [1.165, 1.54) is 30.1 Å². The number of rotatable bonds is 9. The fraction of sp³-hybridized carbons (Fsp3) is 0.824. The van der Waals surface area contributed by atoms with Crippen LogP contribution in [-0.2, 0) is 30.7 Å². The SMILES string of the molecule is CCCCOCCCn1c(CC(C)C)nc2c1CCNC2. The van der Waals surface area contributed by atoms with E-state index in [4.69, 9.17) is 9.72 Å². The average molecular weight is 293 g/mol. The van der Waals surface area contributed by atoms with E-state index >= 15 is 0 Å². The molecule has 0 atom stereocenters. The van der Waals surface area contributed by atoms with Crippen molar-refractivity contribution in [3.05, 3.63) is 17.2 Å². The molecule has 1 aromatic heterocycles. The third-order valence-corrected chi connectivity index (χ3v) is 3.97. The lowest BCUT2D eigenvalue weighted by Gasteiger charge is -2.16. The van der Waals surface area contributed by atoms with Crippen LogP contribution in [0.2, 0.25) is 0 Å². The molecule has 2 heterocycles. The predicted octanol–water partition coefficient (Wildman–Crippen LogP) is 2.93. The summed E-state index contributed by atoms with van der Waals surface area (Å²) in [5.41, 5.74) is 2.72. The van der Waals surface area contributed by atoms with Gasteiger partial charge in [-0.2, -0.15) is 0 Å². The topological polar surface area (TPSA) is 39.1 Å². The van der Waals surface area contributed by atoms with Crippen LogP contribution in [0.15, 0.2) is 0 Å².